The predicted octanol–water partition coefficient (Wildman–Crippen LogP) is 3.65. The molecule has 0 spiro atoms. The molecule has 0 bridgehead atoms. The van der Waals surface area contributed by atoms with E-state index in [4.69, 9.17) is 4.42 Å². The summed E-state index contributed by atoms with van der Waals surface area (Å²) in [4.78, 5) is 15.5. The number of hydrogen-bond donors (Lipinski definition) is 0. The van der Waals surface area contributed by atoms with E-state index in [1.165, 1.54) is 18.4 Å². The van der Waals surface area contributed by atoms with Gasteiger partial charge in [0.05, 0.1) is 18.0 Å². The molecule has 4 rings (SSSR count). The van der Waals surface area contributed by atoms with E-state index in [0.717, 1.165) is 62.2 Å². The molecule has 2 aromatic rings. The van der Waals surface area contributed by atoms with E-state index in [0.29, 0.717) is 0 Å². The molecular weight excluding hydrogens is 302 g/mol. The number of aryl methyl sites for hydroxylation is 2. The van der Waals surface area contributed by atoms with Crippen molar-refractivity contribution in [3.8, 4) is 0 Å². The van der Waals surface area contributed by atoms with Crippen LogP contribution in [0, 0.1) is 0 Å². The lowest BCUT2D eigenvalue weighted by Gasteiger charge is -2.29. The van der Waals surface area contributed by atoms with Crippen molar-refractivity contribution in [3.63, 3.8) is 0 Å². The van der Waals surface area contributed by atoms with Gasteiger partial charge in [0, 0.05) is 19.2 Å². The standard InChI is InChI=1S/C19H25N3O2/c1-21-18(14-8-4-5-9-15(14)20-21)19(23)22-12-6-2-3-10-16(22)17-11-7-13-24-17/h7,11,13,16H,2-6,8-10,12H2,1H3. The first kappa shape index (κ1) is 15.5. The second-order valence-electron chi connectivity index (χ2n) is 6.98. The first-order valence-corrected chi connectivity index (χ1v) is 9.15. The van der Waals surface area contributed by atoms with Crippen molar-refractivity contribution in [2.45, 2.75) is 57.4 Å². The lowest BCUT2D eigenvalue weighted by Crippen LogP contribution is -2.36. The number of hydrogen-bond acceptors (Lipinski definition) is 3. The first-order chi connectivity index (χ1) is 11.8. The molecule has 0 radical (unpaired) electrons. The highest BCUT2D eigenvalue weighted by Crippen LogP contribution is 2.33. The molecule has 2 aromatic heterocycles. The third kappa shape index (κ3) is 2.66. The molecule has 1 amide bonds. The zero-order valence-corrected chi connectivity index (χ0v) is 14.3. The monoisotopic (exact) mass is 327 g/mol. The Hall–Kier alpha value is -2.04. The van der Waals surface area contributed by atoms with Crippen LogP contribution in [0.1, 0.15) is 72.1 Å². The fourth-order valence-electron chi connectivity index (χ4n) is 4.21. The summed E-state index contributed by atoms with van der Waals surface area (Å²) in [6.45, 7) is 0.796. The van der Waals surface area contributed by atoms with Gasteiger partial charge in [0.15, 0.2) is 0 Å². The van der Waals surface area contributed by atoms with Crippen LogP contribution in [-0.4, -0.2) is 27.1 Å². The Bertz CT molecular complexity index is 717. The quantitative estimate of drug-likeness (QED) is 0.846. The molecule has 2 aliphatic rings. The lowest BCUT2D eigenvalue weighted by molar-refractivity contribution is 0.0646. The third-order valence-corrected chi connectivity index (χ3v) is 5.41. The van der Waals surface area contributed by atoms with E-state index >= 15 is 0 Å². The number of rotatable bonds is 2. The average molecular weight is 327 g/mol. The molecule has 3 heterocycles. The number of likely N-dealkylation sites (tertiary alicyclic amines) is 1. The van der Waals surface area contributed by atoms with E-state index in [-0.39, 0.29) is 11.9 Å². The first-order valence-electron chi connectivity index (χ1n) is 9.15. The summed E-state index contributed by atoms with van der Waals surface area (Å²) in [6, 6.07) is 3.95. The van der Waals surface area contributed by atoms with Crippen molar-refractivity contribution in [3.05, 3.63) is 41.1 Å². The van der Waals surface area contributed by atoms with Gasteiger partial charge in [0.1, 0.15) is 11.5 Å². The van der Waals surface area contributed by atoms with E-state index in [2.05, 4.69) is 5.10 Å². The van der Waals surface area contributed by atoms with Crippen molar-refractivity contribution in [1.29, 1.82) is 0 Å². The number of fused-ring (bicyclic) bond motifs is 1. The van der Waals surface area contributed by atoms with Crippen LogP contribution in [0.5, 0.6) is 0 Å². The molecule has 0 N–H and O–H groups in total. The minimum absolute atomic E-state index is 0.0455. The van der Waals surface area contributed by atoms with Gasteiger partial charge in [-0.05, 0) is 50.7 Å². The Morgan fingerprint density at radius 3 is 2.92 bits per heavy atom. The van der Waals surface area contributed by atoms with Crippen LogP contribution in [0.2, 0.25) is 0 Å². The Morgan fingerprint density at radius 1 is 1.21 bits per heavy atom. The zero-order chi connectivity index (χ0) is 16.5. The van der Waals surface area contributed by atoms with Crippen LogP contribution in [0.3, 0.4) is 0 Å². The van der Waals surface area contributed by atoms with Gasteiger partial charge in [-0.15, -0.1) is 0 Å². The number of carbonyl (C=O) groups excluding carboxylic acids is 1. The Kier molecular flexibility index (Phi) is 4.17. The van der Waals surface area contributed by atoms with Gasteiger partial charge >= 0.3 is 0 Å². The minimum Gasteiger partial charge on any atom is -0.467 e. The molecule has 128 valence electrons. The molecule has 1 saturated heterocycles. The van der Waals surface area contributed by atoms with Crippen molar-refractivity contribution < 1.29 is 9.21 Å². The summed E-state index contributed by atoms with van der Waals surface area (Å²) >= 11 is 0. The number of carbonyl (C=O) groups is 1. The van der Waals surface area contributed by atoms with E-state index in [9.17, 15) is 4.79 Å². The van der Waals surface area contributed by atoms with Gasteiger partial charge in [-0.1, -0.05) is 12.8 Å². The van der Waals surface area contributed by atoms with Crippen LogP contribution in [0.4, 0.5) is 0 Å². The maximum absolute atomic E-state index is 13.4. The van der Waals surface area contributed by atoms with Gasteiger partial charge in [0.25, 0.3) is 5.91 Å². The summed E-state index contributed by atoms with van der Waals surface area (Å²) in [7, 11) is 1.91. The molecule has 5 heteroatoms. The molecule has 1 unspecified atom stereocenters. The molecule has 1 aliphatic carbocycles. The number of amides is 1. The second kappa shape index (κ2) is 6.46. The molecule has 0 saturated carbocycles. The lowest BCUT2D eigenvalue weighted by atomic mass is 9.95. The number of aromatic nitrogens is 2. The molecule has 24 heavy (non-hydrogen) atoms. The van der Waals surface area contributed by atoms with Crippen LogP contribution in [0.25, 0.3) is 0 Å². The molecule has 5 nitrogen and oxygen atoms in total. The van der Waals surface area contributed by atoms with Gasteiger partial charge in [0.2, 0.25) is 0 Å². The Morgan fingerprint density at radius 2 is 2.08 bits per heavy atom. The van der Waals surface area contributed by atoms with Crippen LogP contribution in [0.15, 0.2) is 22.8 Å². The maximum Gasteiger partial charge on any atom is 0.273 e. The smallest absolute Gasteiger partial charge is 0.273 e. The van der Waals surface area contributed by atoms with Crippen molar-refractivity contribution in [2.24, 2.45) is 7.05 Å². The summed E-state index contributed by atoms with van der Waals surface area (Å²) in [5.41, 5.74) is 3.09. The number of nitrogens with zero attached hydrogens (tertiary/aromatic N) is 3. The third-order valence-electron chi connectivity index (χ3n) is 5.41. The normalized spacial score (nSPS) is 21.4. The average Bonchev–Trinajstić information content (AvgIpc) is 3.15. The predicted molar refractivity (Wildman–Crippen MR) is 90.8 cm³/mol. The van der Waals surface area contributed by atoms with Crippen molar-refractivity contribution >= 4 is 5.91 Å². The van der Waals surface area contributed by atoms with E-state index in [1.807, 2.05) is 28.8 Å². The van der Waals surface area contributed by atoms with Gasteiger partial charge in [-0.2, -0.15) is 5.10 Å². The van der Waals surface area contributed by atoms with Crippen molar-refractivity contribution in [1.82, 2.24) is 14.7 Å². The molecular formula is C19H25N3O2. The minimum atomic E-state index is 0.0455. The SMILES string of the molecule is Cn1nc2c(c1C(=O)N1CCCCCC1c1ccco1)CCCC2. The van der Waals surface area contributed by atoms with Gasteiger partial charge in [-0.3, -0.25) is 9.48 Å². The van der Waals surface area contributed by atoms with Crippen LogP contribution in [-0.2, 0) is 19.9 Å². The second-order valence-corrected chi connectivity index (χ2v) is 6.98. The Labute approximate surface area is 142 Å². The Balaban J connectivity index is 1.70. The van der Waals surface area contributed by atoms with Crippen molar-refractivity contribution in [2.75, 3.05) is 6.54 Å². The van der Waals surface area contributed by atoms with Gasteiger partial charge in [-0.25, -0.2) is 0 Å². The van der Waals surface area contributed by atoms with E-state index in [1.54, 1.807) is 6.26 Å². The summed E-state index contributed by atoms with van der Waals surface area (Å²) in [6.07, 6.45) is 10.3. The molecule has 1 fully saturated rings. The highest BCUT2D eigenvalue weighted by atomic mass is 16.3. The summed E-state index contributed by atoms with van der Waals surface area (Å²) < 4.78 is 7.46. The van der Waals surface area contributed by atoms with Gasteiger partial charge < -0.3 is 9.32 Å². The maximum atomic E-state index is 13.4. The summed E-state index contributed by atoms with van der Waals surface area (Å²) in [5, 5.41) is 4.62. The fraction of sp³-hybridized carbons (Fsp3) is 0.579. The molecule has 1 atom stereocenters. The van der Waals surface area contributed by atoms with Crippen LogP contribution >= 0.6 is 0 Å². The summed E-state index contributed by atoms with van der Waals surface area (Å²) in [5.74, 6) is 1.03. The van der Waals surface area contributed by atoms with Crippen LogP contribution < -0.4 is 0 Å². The highest BCUT2D eigenvalue weighted by molar-refractivity contribution is 5.94. The molecule has 0 aromatic carbocycles. The molecule has 1 aliphatic heterocycles. The highest BCUT2D eigenvalue weighted by Gasteiger charge is 2.33. The zero-order valence-electron chi connectivity index (χ0n) is 14.3. The topological polar surface area (TPSA) is 51.3 Å². The largest absolute Gasteiger partial charge is 0.467 e. The number of furan rings is 1. The van der Waals surface area contributed by atoms with E-state index < -0.39 is 0 Å². The fourth-order valence-corrected chi connectivity index (χ4v) is 4.21.